The Labute approximate surface area is 201 Å². The Morgan fingerprint density at radius 1 is 1.17 bits per heavy atom. The van der Waals surface area contributed by atoms with Crippen LogP contribution in [0, 0.1) is 11.3 Å². The molecule has 0 radical (unpaired) electrons. The van der Waals surface area contributed by atoms with Crippen LogP contribution >= 0.6 is 0 Å². The molecule has 1 aliphatic rings. The molecule has 1 heterocycles. The maximum absolute atomic E-state index is 11.0. The number of carboxylic acids is 1. The molecule has 0 bridgehead atoms. The summed E-state index contributed by atoms with van der Waals surface area (Å²) in [4.78, 5) is 15.3. The van der Waals surface area contributed by atoms with Gasteiger partial charge < -0.3 is 21.4 Å². The SMILES string of the molecule is CN(CC1(O)CCN(CCc2ccc(C#N)cc2)CC1)c1ccc(C(=O)O)cc1.[H-].[Na+]. The molecule has 0 saturated carbocycles. The Morgan fingerprint density at radius 2 is 1.77 bits per heavy atom. The van der Waals surface area contributed by atoms with E-state index in [4.69, 9.17) is 10.4 Å². The summed E-state index contributed by atoms with van der Waals surface area (Å²) in [5.41, 5.74) is 2.31. The predicted molar refractivity (Wildman–Crippen MR) is 113 cm³/mol. The van der Waals surface area contributed by atoms with Crippen molar-refractivity contribution in [3.63, 3.8) is 0 Å². The molecule has 0 spiro atoms. The maximum atomic E-state index is 11.0. The second-order valence-electron chi connectivity index (χ2n) is 7.83. The smallest absolute Gasteiger partial charge is 1.00 e. The Balaban J connectivity index is 0.00000240. The molecule has 3 rings (SSSR count). The van der Waals surface area contributed by atoms with Crippen LogP contribution in [-0.4, -0.2) is 59.9 Å². The van der Waals surface area contributed by atoms with Crippen LogP contribution in [0.4, 0.5) is 5.69 Å². The average Bonchev–Trinajstić information content (AvgIpc) is 2.73. The first kappa shape index (κ1) is 24.4. The molecule has 1 saturated heterocycles. The molecule has 0 atom stereocenters. The van der Waals surface area contributed by atoms with Gasteiger partial charge >= 0.3 is 35.5 Å². The zero-order valence-corrected chi connectivity index (χ0v) is 19.7. The Hall–Kier alpha value is -1.88. The molecule has 7 heteroatoms. The van der Waals surface area contributed by atoms with E-state index in [0.717, 1.165) is 31.7 Å². The quantitative estimate of drug-likeness (QED) is 0.611. The van der Waals surface area contributed by atoms with Gasteiger partial charge in [-0.2, -0.15) is 5.26 Å². The molecule has 0 aliphatic carbocycles. The van der Waals surface area contributed by atoms with Crippen LogP contribution in [-0.2, 0) is 6.42 Å². The van der Waals surface area contributed by atoms with Crippen LogP contribution in [0.15, 0.2) is 48.5 Å². The van der Waals surface area contributed by atoms with Crippen LogP contribution < -0.4 is 34.5 Å². The number of likely N-dealkylation sites (tertiary alicyclic amines) is 1. The van der Waals surface area contributed by atoms with E-state index in [1.165, 1.54) is 5.56 Å². The van der Waals surface area contributed by atoms with Crippen molar-refractivity contribution in [3.05, 3.63) is 65.2 Å². The first-order valence-corrected chi connectivity index (χ1v) is 9.87. The Kier molecular flexibility index (Phi) is 8.90. The number of hydrogen-bond acceptors (Lipinski definition) is 5. The van der Waals surface area contributed by atoms with E-state index >= 15 is 0 Å². The van der Waals surface area contributed by atoms with E-state index < -0.39 is 11.6 Å². The van der Waals surface area contributed by atoms with E-state index in [1.54, 1.807) is 24.3 Å². The summed E-state index contributed by atoms with van der Waals surface area (Å²) >= 11 is 0. The van der Waals surface area contributed by atoms with Gasteiger partial charge in [0.05, 0.1) is 22.8 Å². The van der Waals surface area contributed by atoms with Crippen molar-refractivity contribution in [2.45, 2.75) is 24.9 Å². The molecule has 6 nitrogen and oxygen atoms in total. The van der Waals surface area contributed by atoms with Crippen LogP contribution in [0.2, 0.25) is 0 Å². The van der Waals surface area contributed by atoms with E-state index in [2.05, 4.69) is 11.0 Å². The third-order valence-corrected chi connectivity index (χ3v) is 5.67. The summed E-state index contributed by atoms with van der Waals surface area (Å²) in [6.07, 6.45) is 2.34. The van der Waals surface area contributed by atoms with Crippen molar-refractivity contribution in [1.29, 1.82) is 5.26 Å². The fourth-order valence-electron chi connectivity index (χ4n) is 3.78. The van der Waals surface area contributed by atoms with E-state index in [9.17, 15) is 9.90 Å². The third-order valence-electron chi connectivity index (χ3n) is 5.67. The van der Waals surface area contributed by atoms with Gasteiger partial charge in [0.2, 0.25) is 0 Å². The van der Waals surface area contributed by atoms with Crippen molar-refractivity contribution < 1.29 is 46.0 Å². The van der Waals surface area contributed by atoms with E-state index in [-0.39, 0.29) is 36.5 Å². The minimum atomic E-state index is -0.939. The Bertz CT molecular complexity index is 876. The monoisotopic (exact) mass is 417 g/mol. The van der Waals surface area contributed by atoms with Crippen molar-refractivity contribution in [2.24, 2.45) is 0 Å². The van der Waals surface area contributed by atoms with Crippen molar-refractivity contribution in [3.8, 4) is 6.07 Å². The predicted octanol–water partition coefficient (Wildman–Crippen LogP) is -0.121. The molecule has 0 unspecified atom stereocenters. The number of hydrogen-bond donors (Lipinski definition) is 2. The van der Waals surface area contributed by atoms with Gasteiger partial charge in [-0.05, 0) is 61.2 Å². The summed E-state index contributed by atoms with van der Waals surface area (Å²) in [7, 11) is 1.92. The van der Waals surface area contributed by atoms with Gasteiger partial charge in [-0.3, -0.25) is 0 Å². The maximum Gasteiger partial charge on any atom is 1.00 e. The molecular formula is C23H28N3NaO3. The van der Waals surface area contributed by atoms with Gasteiger partial charge in [0.15, 0.2) is 0 Å². The van der Waals surface area contributed by atoms with Gasteiger partial charge in [0.1, 0.15) is 0 Å². The van der Waals surface area contributed by atoms with Crippen LogP contribution in [0.1, 0.15) is 35.8 Å². The molecule has 2 aromatic carbocycles. The second-order valence-corrected chi connectivity index (χ2v) is 7.83. The number of likely N-dealkylation sites (N-methyl/N-ethyl adjacent to an activating group) is 1. The molecule has 0 amide bonds. The van der Waals surface area contributed by atoms with Gasteiger partial charge in [0.25, 0.3) is 0 Å². The van der Waals surface area contributed by atoms with Crippen molar-refractivity contribution in [1.82, 2.24) is 4.90 Å². The van der Waals surface area contributed by atoms with E-state index in [1.807, 2.05) is 36.2 Å². The van der Waals surface area contributed by atoms with Gasteiger partial charge in [0, 0.05) is 38.9 Å². The first-order chi connectivity index (χ1) is 13.9. The van der Waals surface area contributed by atoms with Crippen molar-refractivity contribution in [2.75, 3.05) is 38.1 Å². The average molecular weight is 417 g/mol. The van der Waals surface area contributed by atoms with Crippen molar-refractivity contribution >= 4 is 11.7 Å². The second kappa shape index (κ2) is 10.9. The topological polar surface area (TPSA) is 87.8 Å². The summed E-state index contributed by atoms with van der Waals surface area (Å²) in [6.45, 7) is 3.15. The fourth-order valence-corrected chi connectivity index (χ4v) is 3.78. The number of piperidine rings is 1. The van der Waals surface area contributed by atoms with Crippen LogP contribution in [0.5, 0.6) is 0 Å². The zero-order chi connectivity index (χ0) is 20.9. The first-order valence-electron chi connectivity index (χ1n) is 9.87. The van der Waals surface area contributed by atoms with Crippen LogP contribution in [0.25, 0.3) is 0 Å². The molecule has 154 valence electrons. The number of aromatic carboxylic acids is 1. The summed E-state index contributed by atoms with van der Waals surface area (Å²) in [5, 5.41) is 28.9. The molecule has 0 aromatic heterocycles. The van der Waals surface area contributed by atoms with E-state index in [0.29, 0.717) is 24.9 Å². The number of nitriles is 1. The molecule has 2 N–H and O–H groups in total. The molecule has 30 heavy (non-hydrogen) atoms. The Morgan fingerprint density at radius 3 is 2.30 bits per heavy atom. The minimum Gasteiger partial charge on any atom is -1.00 e. The summed E-state index contributed by atoms with van der Waals surface area (Å²) in [5.74, 6) is -0.939. The number of benzene rings is 2. The molecular weight excluding hydrogens is 389 g/mol. The number of rotatable bonds is 7. The van der Waals surface area contributed by atoms with Gasteiger partial charge in [-0.25, -0.2) is 4.79 Å². The van der Waals surface area contributed by atoms with Gasteiger partial charge in [-0.1, -0.05) is 12.1 Å². The molecule has 1 aliphatic heterocycles. The van der Waals surface area contributed by atoms with Crippen LogP contribution in [0.3, 0.4) is 0 Å². The summed E-state index contributed by atoms with van der Waals surface area (Å²) < 4.78 is 0. The normalized spacial score (nSPS) is 15.6. The molecule has 2 aromatic rings. The summed E-state index contributed by atoms with van der Waals surface area (Å²) in [6, 6.07) is 16.6. The standard InChI is InChI=1S/C23H27N3O3.Na.H/c1-25(21-8-6-20(7-9-21)22(27)28)17-23(29)11-14-26(15-12-23)13-10-18-2-4-19(16-24)5-3-18;;/h2-9,29H,10-15,17H2,1H3,(H,27,28);;/q;+1;-1. The number of carbonyl (C=O) groups is 1. The fraction of sp³-hybridized carbons (Fsp3) is 0.391. The number of aliphatic hydroxyl groups is 1. The number of anilines is 1. The number of nitrogens with zero attached hydrogens (tertiary/aromatic N) is 3. The molecule has 1 fully saturated rings. The largest absolute Gasteiger partial charge is 1.00 e. The number of carboxylic acid groups (broad SMARTS) is 1. The zero-order valence-electron chi connectivity index (χ0n) is 18.7. The van der Waals surface area contributed by atoms with Gasteiger partial charge in [-0.15, -0.1) is 0 Å². The minimum absolute atomic E-state index is 0. The third kappa shape index (κ3) is 6.56.